The van der Waals surface area contributed by atoms with Gasteiger partial charge in [-0.2, -0.15) is 0 Å². The Balaban J connectivity index is 2.16. The van der Waals surface area contributed by atoms with Gasteiger partial charge in [0.15, 0.2) is 0 Å². The van der Waals surface area contributed by atoms with E-state index in [1.54, 1.807) is 11.3 Å². The molecule has 0 atom stereocenters. The number of carbonyl (C=O) groups is 1. The number of nitrogens with zero attached hydrogens (tertiary/aromatic N) is 1. The molecule has 0 bridgehead atoms. The van der Waals surface area contributed by atoms with Crippen LogP contribution >= 0.6 is 11.3 Å². The van der Waals surface area contributed by atoms with Gasteiger partial charge in [0.25, 0.3) is 5.91 Å². The second-order valence-electron chi connectivity index (χ2n) is 3.87. The number of amides is 1. The summed E-state index contributed by atoms with van der Waals surface area (Å²) in [5, 5.41) is 3.25. The lowest BCUT2D eigenvalue weighted by molar-refractivity contribution is 0.0735. The maximum absolute atomic E-state index is 12.1. The molecule has 1 aliphatic rings. The van der Waals surface area contributed by atoms with Crippen molar-refractivity contribution in [2.45, 2.75) is 13.8 Å². The summed E-state index contributed by atoms with van der Waals surface area (Å²) in [5.74, 6) is 0.193. The Hall–Kier alpha value is -0.870. The number of hydrogen-bond donors (Lipinski definition) is 1. The van der Waals surface area contributed by atoms with Crippen molar-refractivity contribution >= 4 is 17.2 Å². The number of nitrogens with one attached hydrogen (secondary N) is 1. The van der Waals surface area contributed by atoms with Crippen molar-refractivity contribution in [3.63, 3.8) is 0 Å². The Morgan fingerprint density at radius 3 is 2.60 bits per heavy atom. The lowest BCUT2D eigenvalue weighted by Crippen LogP contribution is -2.46. The van der Waals surface area contributed by atoms with Crippen LogP contribution in [-0.2, 0) is 0 Å². The van der Waals surface area contributed by atoms with Crippen molar-refractivity contribution in [2.75, 3.05) is 26.2 Å². The van der Waals surface area contributed by atoms with Crippen molar-refractivity contribution in [3.05, 3.63) is 21.4 Å². The summed E-state index contributed by atoms with van der Waals surface area (Å²) >= 11 is 1.70. The smallest absolute Gasteiger partial charge is 0.255 e. The molecule has 0 spiro atoms. The molecule has 15 heavy (non-hydrogen) atoms. The molecule has 1 fully saturated rings. The van der Waals surface area contributed by atoms with Crippen LogP contribution in [0.3, 0.4) is 0 Å². The molecular formula is C11H16N2OS. The zero-order valence-electron chi connectivity index (χ0n) is 9.17. The highest BCUT2D eigenvalue weighted by Crippen LogP contribution is 2.22. The number of aryl methyl sites for hydroxylation is 2. The molecule has 2 heterocycles. The first-order valence-electron chi connectivity index (χ1n) is 5.25. The average molecular weight is 224 g/mol. The molecule has 1 aromatic heterocycles. The van der Waals surface area contributed by atoms with Gasteiger partial charge < -0.3 is 10.2 Å². The Morgan fingerprint density at radius 2 is 2.07 bits per heavy atom. The van der Waals surface area contributed by atoms with Crippen LogP contribution in [0.1, 0.15) is 20.1 Å². The van der Waals surface area contributed by atoms with Crippen LogP contribution in [0.2, 0.25) is 0 Å². The highest BCUT2D eigenvalue weighted by atomic mass is 32.1. The number of rotatable bonds is 1. The second kappa shape index (κ2) is 4.33. The van der Waals surface area contributed by atoms with Gasteiger partial charge in [0, 0.05) is 35.9 Å². The van der Waals surface area contributed by atoms with E-state index < -0.39 is 0 Å². The average Bonchev–Trinajstić information content (AvgIpc) is 2.58. The quantitative estimate of drug-likeness (QED) is 0.782. The maximum Gasteiger partial charge on any atom is 0.255 e. The zero-order valence-corrected chi connectivity index (χ0v) is 9.99. The molecule has 0 unspecified atom stereocenters. The van der Waals surface area contributed by atoms with Gasteiger partial charge in [-0.3, -0.25) is 4.79 Å². The van der Waals surface area contributed by atoms with Crippen molar-refractivity contribution in [1.29, 1.82) is 0 Å². The van der Waals surface area contributed by atoms with E-state index in [4.69, 9.17) is 0 Å². The van der Waals surface area contributed by atoms with E-state index in [-0.39, 0.29) is 5.91 Å². The third-order valence-electron chi connectivity index (χ3n) is 2.68. The third-order valence-corrected chi connectivity index (χ3v) is 3.64. The largest absolute Gasteiger partial charge is 0.336 e. The Kier molecular flexibility index (Phi) is 3.07. The van der Waals surface area contributed by atoms with E-state index >= 15 is 0 Å². The van der Waals surface area contributed by atoms with Crippen LogP contribution in [0.25, 0.3) is 0 Å². The van der Waals surface area contributed by atoms with E-state index in [1.807, 2.05) is 24.8 Å². The van der Waals surface area contributed by atoms with E-state index in [9.17, 15) is 4.79 Å². The molecule has 0 saturated carbocycles. The van der Waals surface area contributed by atoms with Crippen LogP contribution < -0.4 is 5.32 Å². The Morgan fingerprint density at radius 1 is 1.40 bits per heavy atom. The summed E-state index contributed by atoms with van der Waals surface area (Å²) in [5.41, 5.74) is 0.888. The molecule has 1 saturated heterocycles. The topological polar surface area (TPSA) is 32.3 Å². The van der Waals surface area contributed by atoms with E-state index in [0.29, 0.717) is 0 Å². The summed E-state index contributed by atoms with van der Waals surface area (Å²) in [6.45, 7) is 7.54. The molecule has 82 valence electrons. The maximum atomic E-state index is 12.1. The number of thiophene rings is 1. The molecule has 1 N–H and O–H groups in total. The summed E-state index contributed by atoms with van der Waals surface area (Å²) in [7, 11) is 0. The summed E-state index contributed by atoms with van der Waals surface area (Å²) in [6.07, 6.45) is 0. The molecule has 0 aliphatic carbocycles. The fraction of sp³-hybridized carbons (Fsp3) is 0.545. The highest BCUT2D eigenvalue weighted by molar-refractivity contribution is 7.12. The van der Waals surface area contributed by atoms with Crippen LogP contribution in [0.15, 0.2) is 6.07 Å². The van der Waals surface area contributed by atoms with Crippen LogP contribution in [0.5, 0.6) is 0 Å². The first kappa shape index (κ1) is 10.6. The van der Waals surface area contributed by atoms with E-state index in [0.717, 1.165) is 36.6 Å². The zero-order chi connectivity index (χ0) is 10.8. The third kappa shape index (κ3) is 2.21. The lowest BCUT2D eigenvalue weighted by Gasteiger charge is -2.27. The van der Waals surface area contributed by atoms with E-state index in [1.165, 1.54) is 4.88 Å². The molecule has 0 radical (unpaired) electrons. The minimum Gasteiger partial charge on any atom is -0.336 e. The molecule has 3 nitrogen and oxygen atoms in total. The summed E-state index contributed by atoms with van der Waals surface area (Å²) in [4.78, 5) is 16.4. The van der Waals surface area contributed by atoms with Gasteiger partial charge in [-0.25, -0.2) is 0 Å². The van der Waals surface area contributed by atoms with Gasteiger partial charge in [-0.1, -0.05) is 0 Å². The standard InChI is InChI=1S/C11H16N2OS/c1-8-7-10(9(2)15-8)11(14)13-5-3-12-4-6-13/h7,12H,3-6H2,1-2H3. The second-order valence-corrected chi connectivity index (χ2v) is 5.33. The van der Waals surface area contributed by atoms with Gasteiger partial charge >= 0.3 is 0 Å². The molecule has 1 aromatic rings. The molecule has 2 rings (SSSR count). The number of carbonyl (C=O) groups excluding carboxylic acids is 1. The fourth-order valence-electron chi connectivity index (χ4n) is 1.88. The van der Waals surface area contributed by atoms with Gasteiger partial charge in [-0.05, 0) is 19.9 Å². The summed E-state index contributed by atoms with van der Waals surface area (Å²) < 4.78 is 0. The predicted molar refractivity (Wildman–Crippen MR) is 62.6 cm³/mol. The minimum atomic E-state index is 0.193. The van der Waals surface area contributed by atoms with Crippen molar-refractivity contribution < 1.29 is 4.79 Å². The first-order valence-corrected chi connectivity index (χ1v) is 6.07. The predicted octanol–water partition coefficient (Wildman–Crippen LogP) is 1.41. The van der Waals surface area contributed by atoms with Crippen LogP contribution in [-0.4, -0.2) is 37.0 Å². The first-order chi connectivity index (χ1) is 7.18. The lowest BCUT2D eigenvalue weighted by atomic mass is 10.2. The summed E-state index contributed by atoms with van der Waals surface area (Å²) in [6, 6.07) is 2.00. The van der Waals surface area contributed by atoms with Gasteiger partial charge in [0.1, 0.15) is 0 Å². The van der Waals surface area contributed by atoms with Gasteiger partial charge in [-0.15, -0.1) is 11.3 Å². The van der Waals surface area contributed by atoms with Crippen molar-refractivity contribution in [2.24, 2.45) is 0 Å². The van der Waals surface area contributed by atoms with Gasteiger partial charge in [0.2, 0.25) is 0 Å². The molecular weight excluding hydrogens is 208 g/mol. The molecule has 1 aliphatic heterocycles. The van der Waals surface area contributed by atoms with E-state index in [2.05, 4.69) is 5.32 Å². The van der Waals surface area contributed by atoms with Crippen LogP contribution in [0.4, 0.5) is 0 Å². The van der Waals surface area contributed by atoms with Crippen molar-refractivity contribution in [3.8, 4) is 0 Å². The Bertz CT molecular complexity index is 367. The number of hydrogen-bond acceptors (Lipinski definition) is 3. The Labute approximate surface area is 94.1 Å². The normalized spacial score (nSPS) is 16.8. The molecule has 4 heteroatoms. The molecule has 1 amide bonds. The highest BCUT2D eigenvalue weighted by Gasteiger charge is 2.20. The number of piperazine rings is 1. The minimum absolute atomic E-state index is 0.193. The molecule has 0 aromatic carbocycles. The fourth-order valence-corrected chi connectivity index (χ4v) is 2.80. The van der Waals surface area contributed by atoms with Crippen LogP contribution in [0, 0.1) is 13.8 Å². The SMILES string of the molecule is Cc1cc(C(=O)N2CCNCC2)c(C)s1. The van der Waals surface area contributed by atoms with Crippen molar-refractivity contribution in [1.82, 2.24) is 10.2 Å². The van der Waals surface area contributed by atoms with Gasteiger partial charge in [0.05, 0.1) is 5.56 Å². The monoisotopic (exact) mass is 224 g/mol.